The van der Waals surface area contributed by atoms with Gasteiger partial charge in [0.25, 0.3) is 0 Å². The standard InChI is InChI=1S/C15H23NO2S/c1-12-6-5-7-13(10-12)18-9-8-16-14(17)11-19-15(2,3)4/h5-7,10H,8-9,11H2,1-4H3,(H,16,17). The fraction of sp³-hybridized carbons (Fsp3) is 0.533. The van der Waals surface area contributed by atoms with Crippen LogP contribution in [0, 0.1) is 6.92 Å². The maximum atomic E-state index is 11.6. The van der Waals surface area contributed by atoms with Gasteiger partial charge in [-0.15, -0.1) is 11.8 Å². The quantitative estimate of drug-likeness (QED) is 0.815. The summed E-state index contributed by atoms with van der Waals surface area (Å²) < 4.78 is 5.68. The number of amides is 1. The number of thioether (sulfide) groups is 1. The molecule has 0 heterocycles. The summed E-state index contributed by atoms with van der Waals surface area (Å²) in [7, 11) is 0. The Balaban J connectivity index is 2.15. The van der Waals surface area contributed by atoms with Crippen LogP contribution in [-0.2, 0) is 4.79 Å². The summed E-state index contributed by atoms with van der Waals surface area (Å²) in [4.78, 5) is 11.6. The van der Waals surface area contributed by atoms with E-state index in [0.29, 0.717) is 18.9 Å². The summed E-state index contributed by atoms with van der Waals surface area (Å²) in [6.45, 7) is 9.37. The Bertz CT molecular complexity index is 413. The second-order valence-corrected chi connectivity index (χ2v) is 7.22. The van der Waals surface area contributed by atoms with Gasteiger partial charge < -0.3 is 10.1 Å². The predicted octanol–water partition coefficient (Wildman–Crippen LogP) is 3.02. The molecule has 0 fully saturated rings. The van der Waals surface area contributed by atoms with Crippen molar-refractivity contribution in [1.29, 1.82) is 0 Å². The lowest BCUT2D eigenvalue weighted by molar-refractivity contribution is -0.118. The first-order chi connectivity index (χ1) is 8.87. The van der Waals surface area contributed by atoms with E-state index in [-0.39, 0.29) is 10.7 Å². The number of hydrogen-bond acceptors (Lipinski definition) is 3. The van der Waals surface area contributed by atoms with Gasteiger partial charge >= 0.3 is 0 Å². The van der Waals surface area contributed by atoms with Gasteiger partial charge in [0.1, 0.15) is 12.4 Å². The lowest BCUT2D eigenvalue weighted by Crippen LogP contribution is -2.30. The minimum Gasteiger partial charge on any atom is -0.492 e. The Morgan fingerprint density at radius 2 is 2.11 bits per heavy atom. The van der Waals surface area contributed by atoms with Gasteiger partial charge in [-0.3, -0.25) is 4.79 Å². The van der Waals surface area contributed by atoms with Gasteiger partial charge in [-0.25, -0.2) is 0 Å². The molecule has 0 atom stereocenters. The number of hydrogen-bond donors (Lipinski definition) is 1. The van der Waals surface area contributed by atoms with E-state index in [1.54, 1.807) is 11.8 Å². The molecule has 0 aromatic heterocycles. The van der Waals surface area contributed by atoms with Crippen molar-refractivity contribution in [2.75, 3.05) is 18.9 Å². The van der Waals surface area contributed by atoms with Gasteiger partial charge in [-0.05, 0) is 24.6 Å². The van der Waals surface area contributed by atoms with Crippen molar-refractivity contribution in [2.24, 2.45) is 0 Å². The van der Waals surface area contributed by atoms with Crippen LogP contribution in [0.4, 0.5) is 0 Å². The highest BCUT2D eigenvalue weighted by Crippen LogP contribution is 2.22. The molecule has 1 N–H and O–H groups in total. The Kier molecular flexibility index (Phi) is 6.22. The molecule has 0 radical (unpaired) electrons. The number of benzene rings is 1. The molecule has 0 unspecified atom stereocenters. The molecular weight excluding hydrogens is 258 g/mol. The van der Waals surface area contributed by atoms with Gasteiger partial charge in [0, 0.05) is 4.75 Å². The van der Waals surface area contributed by atoms with Crippen LogP contribution in [0.2, 0.25) is 0 Å². The van der Waals surface area contributed by atoms with Gasteiger partial charge in [0.15, 0.2) is 0 Å². The number of nitrogens with one attached hydrogen (secondary N) is 1. The second-order valence-electron chi connectivity index (χ2n) is 5.42. The first-order valence-corrected chi connectivity index (χ1v) is 7.45. The van der Waals surface area contributed by atoms with Crippen LogP contribution in [0.15, 0.2) is 24.3 Å². The van der Waals surface area contributed by atoms with Crippen molar-refractivity contribution in [3.8, 4) is 5.75 Å². The van der Waals surface area contributed by atoms with Crippen molar-refractivity contribution in [1.82, 2.24) is 5.32 Å². The first-order valence-electron chi connectivity index (χ1n) is 6.47. The van der Waals surface area contributed by atoms with Crippen LogP contribution < -0.4 is 10.1 Å². The Hall–Kier alpha value is -1.16. The van der Waals surface area contributed by atoms with Crippen molar-refractivity contribution >= 4 is 17.7 Å². The number of carbonyl (C=O) groups is 1. The predicted molar refractivity (Wildman–Crippen MR) is 81.9 cm³/mol. The molecule has 1 amide bonds. The zero-order valence-corrected chi connectivity index (χ0v) is 13.0. The van der Waals surface area contributed by atoms with E-state index >= 15 is 0 Å². The molecule has 1 rings (SSSR count). The lowest BCUT2D eigenvalue weighted by Gasteiger charge is -2.17. The van der Waals surface area contributed by atoms with Crippen molar-refractivity contribution in [2.45, 2.75) is 32.4 Å². The molecule has 3 nitrogen and oxygen atoms in total. The SMILES string of the molecule is Cc1cccc(OCCNC(=O)CSC(C)(C)C)c1. The summed E-state index contributed by atoms with van der Waals surface area (Å²) in [6, 6.07) is 7.89. The van der Waals surface area contributed by atoms with Crippen LogP contribution in [0.5, 0.6) is 5.75 Å². The minimum absolute atomic E-state index is 0.0627. The number of aryl methyl sites for hydroxylation is 1. The van der Waals surface area contributed by atoms with E-state index in [1.807, 2.05) is 31.2 Å². The summed E-state index contributed by atoms with van der Waals surface area (Å²) in [5.41, 5.74) is 1.17. The smallest absolute Gasteiger partial charge is 0.230 e. The third kappa shape index (κ3) is 7.78. The van der Waals surface area contributed by atoms with Crippen molar-refractivity contribution < 1.29 is 9.53 Å². The molecule has 106 valence electrons. The molecule has 0 bridgehead atoms. The summed E-state index contributed by atoms with van der Waals surface area (Å²) >= 11 is 1.65. The molecule has 4 heteroatoms. The second kappa shape index (κ2) is 7.43. The van der Waals surface area contributed by atoms with Crippen LogP contribution in [0.25, 0.3) is 0 Å². The molecule has 0 saturated heterocycles. The highest BCUT2D eigenvalue weighted by atomic mass is 32.2. The molecule has 0 spiro atoms. The van der Waals surface area contributed by atoms with E-state index in [2.05, 4.69) is 26.1 Å². The third-order valence-corrected chi connectivity index (χ3v) is 3.59. The van der Waals surface area contributed by atoms with E-state index in [1.165, 1.54) is 5.56 Å². The van der Waals surface area contributed by atoms with Crippen molar-refractivity contribution in [3.05, 3.63) is 29.8 Å². The van der Waals surface area contributed by atoms with E-state index in [4.69, 9.17) is 4.74 Å². The minimum atomic E-state index is 0.0627. The summed E-state index contributed by atoms with van der Waals surface area (Å²) in [5, 5.41) is 2.86. The Labute approximate surface area is 120 Å². The van der Waals surface area contributed by atoms with Crippen LogP contribution >= 0.6 is 11.8 Å². The normalized spacial score (nSPS) is 11.2. The molecule has 1 aromatic carbocycles. The fourth-order valence-electron chi connectivity index (χ4n) is 1.40. The van der Waals surface area contributed by atoms with Gasteiger partial charge in [-0.1, -0.05) is 32.9 Å². The summed E-state index contributed by atoms with van der Waals surface area (Å²) in [5.74, 6) is 1.40. The topological polar surface area (TPSA) is 38.3 Å². The number of carbonyl (C=O) groups excluding carboxylic acids is 1. The average molecular weight is 281 g/mol. The summed E-state index contributed by atoms with van der Waals surface area (Å²) in [6.07, 6.45) is 0. The van der Waals surface area contributed by atoms with Gasteiger partial charge in [-0.2, -0.15) is 0 Å². The van der Waals surface area contributed by atoms with E-state index in [0.717, 1.165) is 5.75 Å². The highest BCUT2D eigenvalue weighted by Gasteiger charge is 2.12. The molecule has 0 aliphatic heterocycles. The number of ether oxygens (including phenoxy) is 1. The van der Waals surface area contributed by atoms with Gasteiger partial charge in [0.05, 0.1) is 12.3 Å². The van der Waals surface area contributed by atoms with Crippen LogP contribution in [0.3, 0.4) is 0 Å². The Morgan fingerprint density at radius 3 is 2.74 bits per heavy atom. The molecule has 0 aliphatic rings. The number of rotatable bonds is 6. The average Bonchev–Trinajstić information content (AvgIpc) is 2.31. The maximum absolute atomic E-state index is 11.6. The Morgan fingerprint density at radius 1 is 1.37 bits per heavy atom. The lowest BCUT2D eigenvalue weighted by atomic mass is 10.2. The van der Waals surface area contributed by atoms with Crippen LogP contribution in [0.1, 0.15) is 26.3 Å². The third-order valence-electron chi connectivity index (χ3n) is 2.32. The van der Waals surface area contributed by atoms with Crippen molar-refractivity contribution in [3.63, 3.8) is 0 Å². The molecule has 0 aliphatic carbocycles. The molecule has 19 heavy (non-hydrogen) atoms. The molecular formula is C15H23NO2S. The van der Waals surface area contributed by atoms with E-state index in [9.17, 15) is 4.79 Å². The largest absolute Gasteiger partial charge is 0.492 e. The van der Waals surface area contributed by atoms with Crippen LogP contribution in [-0.4, -0.2) is 29.6 Å². The van der Waals surface area contributed by atoms with E-state index < -0.39 is 0 Å². The van der Waals surface area contributed by atoms with Gasteiger partial charge in [0.2, 0.25) is 5.91 Å². The zero-order chi connectivity index (χ0) is 14.3. The first kappa shape index (κ1) is 15.9. The zero-order valence-electron chi connectivity index (χ0n) is 12.2. The fourth-order valence-corrected chi connectivity index (χ4v) is 2.06. The maximum Gasteiger partial charge on any atom is 0.230 e. The molecule has 0 saturated carbocycles. The molecule has 1 aromatic rings. The highest BCUT2D eigenvalue weighted by molar-refractivity contribution is 8.01. The monoisotopic (exact) mass is 281 g/mol.